The third-order valence-corrected chi connectivity index (χ3v) is 5.05. The van der Waals surface area contributed by atoms with E-state index in [-0.39, 0.29) is 11.6 Å². The fraction of sp³-hybridized carbons (Fsp3) is 0.0455. The van der Waals surface area contributed by atoms with E-state index in [1.54, 1.807) is 47.1 Å². The van der Waals surface area contributed by atoms with Crippen LogP contribution in [0.4, 0.5) is 8.78 Å². The van der Waals surface area contributed by atoms with Crippen LogP contribution in [0.15, 0.2) is 66.7 Å². The minimum atomic E-state index is -0.327. The Kier molecular flexibility index (Phi) is 4.92. The van der Waals surface area contributed by atoms with Crippen LogP contribution in [0.2, 0.25) is 10.0 Å². The molecule has 28 heavy (non-hydrogen) atoms. The molecule has 0 fully saturated rings. The molecule has 0 atom stereocenters. The molecular formula is C22H14Cl2F2N2. The first-order chi connectivity index (χ1) is 13.4. The zero-order chi connectivity index (χ0) is 19.8. The summed E-state index contributed by atoms with van der Waals surface area (Å²) in [6.45, 7) is 1.92. The highest BCUT2D eigenvalue weighted by Gasteiger charge is 2.20. The standard InChI is InChI=1S/C22H14Cl2F2N2/c1-13-21(14-2-7-17(25)8-3-14)27-28(20-12-16(23)6-11-19(20)24)22(13)15-4-9-18(26)10-5-15/h2-12H,1H3. The van der Waals surface area contributed by atoms with Gasteiger partial charge in [-0.3, -0.25) is 0 Å². The van der Waals surface area contributed by atoms with E-state index in [9.17, 15) is 8.78 Å². The largest absolute Gasteiger partial charge is 0.231 e. The van der Waals surface area contributed by atoms with Crippen molar-refractivity contribution in [1.29, 1.82) is 0 Å². The van der Waals surface area contributed by atoms with Crippen LogP contribution in [-0.2, 0) is 0 Å². The molecule has 140 valence electrons. The van der Waals surface area contributed by atoms with Gasteiger partial charge in [0.2, 0.25) is 0 Å². The summed E-state index contributed by atoms with van der Waals surface area (Å²) in [4.78, 5) is 0. The fourth-order valence-electron chi connectivity index (χ4n) is 3.15. The van der Waals surface area contributed by atoms with Crippen molar-refractivity contribution >= 4 is 23.2 Å². The molecule has 0 saturated heterocycles. The third-order valence-electron chi connectivity index (χ3n) is 4.49. The SMILES string of the molecule is Cc1c(-c2ccc(F)cc2)nn(-c2cc(Cl)ccc2Cl)c1-c1ccc(F)cc1. The van der Waals surface area contributed by atoms with Crippen LogP contribution in [0.5, 0.6) is 0 Å². The molecule has 0 aliphatic rings. The molecule has 4 rings (SSSR count). The summed E-state index contributed by atoms with van der Waals surface area (Å²) in [6.07, 6.45) is 0. The van der Waals surface area contributed by atoms with E-state index in [1.807, 2.05) is 6.92 Å². The Bertz CT molecular complexity index is 1150. The second-order valence-corrected chi connectivity index (χ2v) is 7.19. The Hall–Kier alpha value is -2.69. The normalized spacial score (nSPS) is 11.0. The molecule has 2 nitrogen and oxygen atoms in total. The van der Waals surface area contributed by atoms with Gasteiger partial charge in [-0.25, -0.2) is 13.5 Å². The summed E-state index contributed by atoms with van der Waals surface area (Å²) < 4.78 is 28.5. The number of hydrogen-bond acceptors (Lipinski definition) is 1. The van der Waals surface area contributed by atoms with Gasteiger partial charge in [0.05, 0.1) is 22.1 Å². The lowest BCUT2D eigenvalue weighted by molar-refractivity contribution is 0.627. The number of aromatic nitrogens is 2. The third kappa shape index (κ3) is 3.41. The average molecular weight is 415 g/mol. The van der Waals surface area contributed by atoms with Gasteiger partial charge in [-0.2, -0.15) is 5.10 Å². The Morgan fingerprint density at radius 1 is 0.786 bits per heavy atom. The van der Waals surface area contributed by atoms with Crippen molar-refractivity contribution in [3.8, 4) is 28.2 Å². The molecule has 6 heteroatoms. The monoisotopic (exact) mass is 414 g/mol. The zero-order valence-corrected chi connectivity index (χ0v) is 16.3. The summed E-state index contributed by atoms with van der Waals surface area (Å²) in [5.41, 5.74) is 4.42. The molecule has 0 bridgehead atoms. The van der Waals surface area contributed by atoms with E-state index in [0.29, 0.717) is 21.4 Å². The first-order valence-electron chi connectivity index (χ1n) is 8.51. The lowest BCUT2D eigenvalue weighted by Crippen LogP contribution is -2.01. The second kappa shape index (κ2) is 7.38. The van der Waals surface area contributed by atoms with Crippen LogP contribution in [0.25, 0.3) is 28.2 Å². The van der Waals surface area contributed by atoms with Crippen molar-refractivity contribution in [2.24, 2.45) is 0 Å². The Morgan fingerprint density at radius 3 is 1.96 bits per heavy atom. The van der Waals surface area contributed by atoms with Gasteiger partial charge in [0.15, 0.2) is 0 Å². The minimum Gasteiger partial charge on any atom is -0.231 e. The molecule has 0 unspecified atom stereocenters. The molecule has 0 N–H and O–H groups in total. The fourth-order valence-corrected chi connectivity index (χ4v) is 3.51. The minimum absolute atomic E-state index is 0.322. The van der Waals surface area contributed by atoms with Gasteiger partial charge in [-0.1, -0.05) is 23.2 Å². The second-order valence-electron chi connectivity index (χ2n) is 6.34. The van der Waals surface area contributed by atoms with E-state index in [0.717, 1.165) is 22.4 Å². The zero-order valence-electron chi connectivity index (χ0n) is 14.8. The van der Waals surface area contributed by atoms with Crippen LogP contribution in [0.1, 0.15) is 5.56 Å². The maximum absolute atomic E-state index is 13.5. The quantitative estimate of drug-likeness (QED) is 0.349. The molecular weight excluding hydrogens is 401 g/mol. The highest BCUT2D eigenvalue weighted by molar-refractivity contribution is 6.34. The molecule has 0 aliphatic heterocycles. The highest BCUT2D eigenvalue weighted by atomic mass is 35.5. The Morgan fingerprint density at radius 2 is 1.36 bits per heavy atom. The van der Waals surface area contributed by atoms with E-state index in [1.165, 1.54) is 24.3 Å². The molecule has 0 spiro atoms. The Balaban J connectivity index is 2.00. The van der Waals surface area contributed by atoms with Gasteiger partial charge in [0.25, 0.3) is 0 Å². The summed E-state index contributed by atoms with van der Waals surface area (Å²) in [6, 6.07) is 17.4. The molecule has 1 aromatic heterocycles. The maximum atomic E-state index is 13.5. The van der Waals surface area contributed by atoms with Crippen LogP contribution in [0, 0.1) is 18.6 Å². The lowest BCUT2D eigenvalue weighted by atomic mass is 10.0. The molecule has 0 saturated carbocycles. The first kappa shape index (κ1) is 18.7. The van der Waals surface area contributed by atoms with Gasteiger partial charge in [-0.05, 0) is 73.7 Å². The van der Waals surface area contributed by atoms with Gasteiger partial charge >= 0.3 is 0 Å². The highest BCUT2D eigenvalue weighted by Crippen LogP contribution is 2.36. The number of hydrogen-bond donors (Lipinski definition) is 0. The predicted molar refractivity (Wildman–Crippen MR) is 109 cm³/mol. The smallest absolute Gasteiger partial charge is 0.123 e. The summed E-state index contributed by atoms with van der Waals surface area (Å²) in [5, 5.41) is 5.73. The molecule has 0 amide bonds. The summed E-state index contributed by atoms with van der Waals surface area (Å²) in [5.74, 6) is -0.649. The van der Waals surface area contributed by atoms with E-state index in [2.05, 4.69) is 0 Å². The maximum Gasteiger partial charge on any atom is 0.123 e. The van der Waals surface area contributed by atoms with Crippen molar-refractivity contribution in [2.75, 3.05) is 0 Å². The number of benzene rings is 3. The Labute approximate surface area is 171 Å². The van der Waals surface area contributed by atoms with Crippen molar-refractivity contribution in [3.05, 3.63) is 94.0 Å². The number of nitrogens with zero attached hydrogens (tertiary/aromatic N) is 2. The van der Waals surface area contributed by atoms with Crippen molar-refractivity contribution in [3.63, 3.8) is 0 Å². The van der Waals surface area contributed by atoms with Crippen molar-refractivity contribution in [1.82, 2.24) is 9.78 Å². The van der Waals surface area contributed by atoms with E-state index >= 15 is 0 Å². The first-order valence-corrected chi connectivity index (χ1v) is 9.26. The molecule has 4 aromatic rings. The van der Waals surface area contributed by atoms with Gasteiger partial charge in [0.1, 0.15) is 11.6 Å². The van der Waals surface area contributed by atoms with Gasteiger partial charge in [0, 0.05) is 21.7 Å². The van der Waals surface area contributed by atoms with E-state index in [4.69, 9.17) is 28.3 Å². The van der Waals surface area contributed by atoms with Crippen LogP contribution < -0.4 is 0 Å². The van der Waals surface area contributed by atoms with Crippen molar-refractivity contribution < 1.29 is 8.78 Å². The molecule has 0 aliphatic carbocycles. The van der Waals surface area contributed by atoms with Crippen LogP contribution >= 0.6 is 23.2 Å². The van der Waals surface area contributed by atoms with Crippen LogP contribution in [-0.4, -0.2) is 9.78 Å². The van der Waals surface area contributed by atoms with Crippen molar-refractivity contribution in [2.45, 2.75) is 6.92 Å². The number of rotatable bonds is 3. The van der Waals surface area contributed by atoms with E-state index < -0.39 is 0 Å². The topological polar surface area (TPSA) is 17.8 Å². The van der Waals surface area contributed by atoms with Crippen LogP contribution in [0.3, 0.4) is 0 Å². The summed E-state index contributed by atoms with van der Waals surface area (Å²) in [7, 11) is 0. The summed E-state index contributed by atoms with van der Waals surface area (Å²) >= 11 is 12.6. The average Bonchev–Trinajstić information content (AvgIpc) is 3.02. The lowest BCUT2D eigenvalue weighted by Gasteiger charge is -2.11. The predicted octanol–water partition coefficient (Wildman–Crippen LogP) is 7.10. The molecule has 1 heterocycles. The number of halogens is 4. The molecule has 0 radical (unpaired) electrons. The van der Waals surface area contributed by atoms with Gasteiger partial charge in [-0.15, -0.1) is 0 Å². The van der Waals surface area contributed by atoms with Gasteiger partial charge < -0.3 is 0 Å². The molecule has 3 aromatic carbocycles.